The smallest absolute Gasteiger partial charge is 1.00 e. The fourth-order valence-corrected chi connectivity index (χ4v) is 0. The average Bonchev–Trinajstić information content (AvgIpc) is 0.918. The second-order valence-corrected chi connectivity index (χ2v) is 2.73. The fourth-order valence-electron chi connectivity index (χ4n) is 0. The Morgan fingerprint density at radius 3 is 1.50 bits per heavy atom. The third-order valence-electron chi connectivity index (χ3n) is 0. The maximum atomic E-state index is 4.83. The van der Waals surface area contributed by atoms with Crippen molar-refractivity contribution in [3.63, 3.8) is 0 Å². The van der Waals surface area contributed by atoms with Gasteiger partial charge in [0.25, 0.3) is 0 Å². The van der Waals surface area contributed by atoms with Gasteiger partial charge in [-0.2, -0.15) is 0 Å². The van der Waals surface area contributed by atoms with Crippen molar-refractivity contribution in [1.82, 2.24) is 0 Å². The minimum absolute atomic E-state index is 0. The van der Waals surface area contributed by atoms with E-state index in [4.69, 9.17) is 20.2 Å². The average molecular weight is 289 g/mol. The number of hydrogen-bond donors (Lipinski definition) is 0. The van der Waals surface area contributed by atoms with Crippen LogP contribution in [0.4, 0.5) is 0 Å². The van der Waals surface area contributed by atoms with E-state index in [0.29, 0.717) is 0 Å². The van der Waals surface area contributed by atoms with Crippen LogP contribution < -0.4 is 0 Å². The largest absolute Gasteiger partial charge is 2.00 e. The minimum atomic E-state index is -0.181. The maximum Gasteiger partial charge on any atom is 2.00 e. The molecule has 0 aromatic rings. The van der Waals surface area contributed by atoms with Gasteiger partial charge in [-0.05, 0) is 0 Å². The van der Waals surface area contributed by atoms with Crippen molar-refractivity contribution >= 4 is 82.2 Å². The Kier molecular flexibility index (Phi) is 22.6. The molecule has 0 saturated heterocycles. The Balaban J connectivity index is -0.00000000667. The fraction of sp³-hybridized carbons (Fsp3) is 0. The first-order valence-electron chi connectivity index (χ1n) is 0.309. The second-order valence-electron chi connectivity index (χ2n) is 0.0583. The third-order valence-corrected chi connectivity index (χ3v) is 0. The van der Waals surface area contributed by atoms with Crippen molar-refractivity contribution < 1.29 is 2.85 Å². The van der Waals surface area contributed by atoms with Gasteiger partial charge in [0.2, 0.25) is 0 Å². The molecule has 0 aliphatic rings. The van der Waals surface area contributed by atoms with Crippen LogP contribution >= 0.6 is 20.2 Å². The van der Waals surface area contributed by atoms with E-state index in [0.717, 1.165) is 0 Å². The van der Waals surface area contributed by atoms with Gasteiger partial charge in [-0.25, -0.2) is 0 Å². The Labute approximate surface area is 83.3 Å². The molecule has 0 aromatic carbocycles. The zero-order valence-corrected chi connectivity index (χ0v) is 9.54. The Morgan fingerprint density at radius 1 is 1.50 bits per heavy atom. The molecule has 0 nitrogen and oxygen atoms in total. The van der Waals surface area contributed by atoms with Crippen molar-refractivity contribution in [2.75, 3.05) is 0 Å². The van der Waals surface area contributed by atoms with Gasteiger partial charge in [0.1, 0.15) is 0 Å². The monoisotopic (exact) mass is 290 g/mol. The molecule has 0 amide bonds. The number of rotatable bonds is 0. The van der Waals surface area contributed by atoms with Gasteiger partial charge >= 0.3 is 82.2 Å². The Hall–Kier alpha value is 2.67. The van der Waals surface area contributed by atoms with Gasteiger partial charge in [-0.3, -0.25) is 0 Å². The molecule has 0 unspecified atom stereocenters. The molecular weight excluding hydrogens is 287 g/mol. The van der Waals surface area contributed by atoms with E-state index in [-0.39, 0.29) is 64.9 Å². The number of hydrogen-bond acceptors (Lipinski definition) is 0. The summed E-state index contributed by atoms with van der Waals surface area (Å²) in [6, 6.07) is 0. The van der Waals surface area contributed by atoms with Crippen LogP contribution in [0.25, 0.3) is 0 Å². The van der Waals surface area contributed by atoms with E-state index in [1.54, 1.807) is 0 Å². The van der Waals surface area contributed by atoms with Crippen LogP contribution in [-0.4, -0.2) is 62.0 Å². The van der Waals surface area contributed by atoms with Gasteiger partial charge in [-0.15, -0.1) is 0 Å². The SMILES string of the molecule is Cl[Se]Cl.[Ba+2].[H-].[H-]. The number of halogens is 2. The van der Waals surface area contributed by atoms with Crippen molar-refractivity contribution in [1.29, 1.82) is 0 Å². The molecular formula is H2BaCl2Se. The first kappa shape index (κ1) is 9.83. The minimum Gasteiger partial charge on any atom is -1.00 e. The van der Waals surface area contributed by atoms with E-state index in [9.17, 15) is 0 Å². The molecule has 0 aromatic heterocycles. The van der Waals surface area contributed by atoms with Crippen LogP contribution in [0.15, 0.2) is 0 Å². The first-order chi connectivity index (χ1) is 1.41. The molecule has 0 spiro atoms. The summed E-state index contributed by atoms with van der Waals surface area (Å²) >= 11 is -0.181. The summed E-state index contributed by atoms with van der Waals surface area (Å²) in [5.41, 5.74) is 0. The zero-order chi connectivity index (χ0) is 2.71. The van der Waals surface area contributed by atoms with Crippen LogP contribution in [-0.2, 0) is 0 Å². The summed E-state index contributed by atoms with van der Waals surface area (Å²) in [7, 11) is 9.65. The van der Waals surface area contributed by atoms with Gasteiger partial charge < -0.3 is 2.85 Å². The second kappa shape index (κ2) is 9.18. The van der Waals surface area contributed by atoms with Crippen LogP contribution in [0, 0.1) is 0 Å². The third kappa shape index (κ3) is 8.82. The molecule has 0 saturated carbocycles. The van der Waals surface area contributed by atoms with Gasteiger partial charge in [-0.1, -0.05) is 0 Å². The molecule has 0 fully saturated rings. The maximum absolute atomic E-state index is 4.83. The van der Waals surface area contributed by atoms with E-state index < -0.39 is 0 Å². The van der Waals surface area contributed by atoms with Crippen molar-refractivity contribution in [2.24, 2.45) is 0 Å². The molecule has 0 radical (unpaired) electrons. The van der Waals surface area contributed by atoms with E-state index in [1.807, 2.05) is 0 Å². The molecule has 0 atom stereocenters. The Bertz CT molecular complexity index is 11.5. The normalized spacial score (nSPS) is 4.50. The molecule has 24 valence electrons. The molecule has 4 heavy (non-hydrogen) atoms. The van der Waals surface area contributed by atoms with Gasteiger partial charge in [0.15, 0.2) is 0 Å². The molecule has 4 heteroatoms. The van der Waals surface area contributed by atoms with Crippen LogP contribution in [0.1, 0.15) is 2.85 Å². The summed E-state index contributed by atoms with van der Waals surface area (Å²) in [6.45, 7) is 0. The Morgan fingerprint density at radius 2 is 1.50 bits per heavy atom. The van der Waals surface area contributed by atoms with Gasteiger partial charge in [0, 0.05) is 0 Å². The first-order valence-corrected chi connectivity index (χ1v) is 4.81. The van der Waals surface area contributed by atoms with Gasteiger partial charge in [0.05, 0.1) is 0 Å². The molecule has 0 rings (SSSR count). The summed E-state index contributed by atoms with van der Waals surface area (Å²) in [5.74, 6) is 0. The van der Waals surface area contributed by atoms with E-state index >= 15 is 0 Å². The summed E-state index contributed by atoms with van der Waals surface area (Å²) in [6.07, 6.45) is 0. The van der Waals surface area contributed by atoms with Crippen molar-refractivity contribution in [2.45, 2.75) is 0 Å². The molecule has 0 heterocycles. The van der Waals surface area contributed by atoms with Crippen LogP contribution in [0.3, 0.4) is 0 Å². The summed E-state index contributed by atoms with van der Waals surface area (Å²) < 4.78 is 0. The summed E-state index contributed by atoms with van der Waals surface area (Å²) in [5, 5.41) is 0. The molecule has 0 aliphatic carbocycles. The predicted octanol–water partition coefficient (Wildman–Crippen LogP) is 0.842. The van der Waals surface area contributed by atoms with Crippen molar-refractivity contribution in [3.05, 3.63) is 0 Å². The topological polar surface area (TPSA) is 0 Å². The molecule has 0 bridgehead atoms. The standard InChI is InChI=1S/Ba.Cl2Se.2H/c;1-3-2;;/q+2;;2*-1. The van der Waals surface area contributed by atoms with E-state index in [1.165, 1.54) is 0 Å². The molecule has 0 aliphatic heterocycles. The molecule has 0 N–H and O–H groups in total. The van der Waals surface area contributed by atoms with Crippen molar-refractivity contribution in [3.8, 4) is 0 Å². The van der Waals surface area contributed by atoms with Crippen LogP contribution in [0.5, 0.6) is 0 Å². The van der Waals surface area contributed by atoms with E-state index in [2.05, 4.69) is 0 Å². The predicted molar refractivity (Wildman–Crippen MR) is 25.4 cm³/mol. The quantitative estimate of drug-likeness (QED) is 0.580. The summed E-state index contributed by atoms with van der Waals surface area (Å²) in [4.78, 5) is 0. The van der Waals surface area contributed by atoms with Crippen LogP contribution in [0.2, 0.25) is 0 Å². The zero-order valence-electron chi connectivity index (χ0n) is 3.87.